The summed E-state index contributed by atoms with van der Waals surface area (Å²) in [7, 11) is 0. The Balaban J connectivity index is 2.41. The Hall–Kier alpha value is -2.56. The van der Waals surface area contributed by atoms with Crippen molar-refractivity contribution in [3.63, 3.8) is 0 Å². The first-order valence-electron chi connectivity index (χ1n) is 7.10. The molecule has 0 radical (unpaired) electrons. The SMILES string of the molecule is C=CCOc1ccc(/C=C/C(=O)NCC(=O)NC(C)C)cc1. The van der Waals surface area contributed by atoms with Crippen LogP contribution < -0.4 is 15.4 Å². The summed E-state index contributed by atoms with van der Waals surface area (Å²) in [6, 6.07) is 7.37. The van der Waals surface area contributed by atoms with E-state index < -0.39 is 0 Å². The third-order valence-corrected chi connectivity index (χ3v) is 2.55. The zero-order valence-electron chi connectivity index (χ0n) is 13.0. The standard InChI is InChI=1S/C17H22N2O3/c1-4-11-22-15-8-5-14(6-9-15)7-10-16(20)18-12-17(21)19-13(2)3/h4-10,13H,1,11-12H2,2-3H3,(H,18,20)(H,19,21)/b10-7+. The van der Waals surface area contributed by atoms with Gasteiger partial charge in [-0.1, -0.05) is 24.8 Å². The summed E-state index contributed by atoms with van der Waals surface area (Å²) >= 11 is 0. The van der Waals surface area contributed by atoms with E-state index in [-0.39, 0.29) is 24.4 Å². The summed E-state index contributed by atoms with van der Waals surface area (Å²) in [5, 5.41) is 5.22. The van der Waals surface area contributed by atoms with Gasteiger partial charge in [-0.3, -0.25) is 9.59 Å². The number of hydrogen-bond acceptors (Lipinski definition) is 3. The fourth-order valence-electron chi connectivity index (χ4n) is 1.60. The van der Waals surface area contributed by atoms with Gasteiger partial charge in [0.25, 0.3) is 0 Å². The Labute approximate surface area is 131 Å². The molecule has 0 aliphatic heterocycles. The van der Waals surface area contributed by atoms with Crippen LogP contribution in [0.1, 0.15) is 19.4 Å². The molecule has 0 spiro atoms. The number of carbonyl (C=O) groups is 2. The molecule has 2 amide bonds. The van der Waals surface area contributed by atoms with Crippen molar-refractivity contribution in [1.82, 2.24) is 10.6 Å². The van der Waals surface area contributed by atoms with Gasteiger partial charge in [-0.25, -0.2) is 0 Å². The van der Waals surface area contributed by atoms with Gasteiger partial charge in [0.15, 0.2) is 0 Å². The summed E-state index contributed by atoms with van der Waals surface area (Å²) in [6.45, 7) is 7.73. The molecule has 22 heavy (non-hydrogen) atoms. The van der Waals surface area contributed by atoms with Crippen molar-refractivity contribution in [1.29, 1.82) is 0 Å². The minimum absolute atomic E-state index is 0.0321. The highest BCUT2D eigenvalue weighted by atomic mass is 16.5. The molecule has 1 rings (SSSR count). The highest BCUT2D eigenvalue weighted by Crippen LogP contribution is 2.13. The highest BCUT2D eigenvalue weighted by Gasteiger charge is 2.04. The van der Waals surface area contributed by atoms with Crippen LogP contribution in [0.25, 0.3) is 6.08 Å². The van der Waals surface area contributed by atoms with Gasteiger partial charge in [-0.2, -0.15) is 0 Å². The number of carbonyl (C=O) groups excluding carboxylic acids is 2. The van der Waals surface area contributed by atoms with Crippen LogP contribution in [0.2, 0.25) is 0 Å². The largest absolute Gasteiger partial charge is 0.490 e. The molecule has 0 heterocycles. The van der Waals surface area contributed by atoms with Crippen molar-refractivity contribution in [3.8, 4) is 5.75 Å². The fourth-order valence-corrected chi connectivity index (χ4v) is 1.60. The quantitative estimate of drug-likeness (QED) is 0.569. The number of rotatable bonds is 8. The average Bonchev–Trinajstić information content (AvgIpc) is 2.49. The molecule has 0 bridgehead atoms. The highest BCUT2D eigenvalue weighted by molar-refractivity contribution is 5.94. The second-order valence-electron chi connectivity index (χ2n) is 4.94. The van der Waals surface area contributed by atoms with Crippen LogP contribution in [0.5, 0.6) is 5.75 Å². The van der Waals surface area contributed by atoms with Gasteiger partial charge in [0.1, 0.15) is 12.4 Å². The number of benzene rings is 1. The number of nitrogens with one attached hydrogen (secondary N) is 2. The smallest absolute Gasteiger partial charge is 0.244 e. The lowest BCUT2D eigenvalue weighted by Gasteiger charge is -2.08. The normalized spacial score (nSPS) is 10.5. The van der Waals surface area contributed by atoms with Crippen LogP contribution in [0.3, 0.4) is 0 Å². The van der Waals surface area contributed by atoms with Gasteiger partial charge >= 0.3 is 0 Å². The Bertz CT molecular complexity index is 533. The van der Waals surface area contributed by atoms with Crippen LogP contribution >= 0.6 is 0 Å². The lowest BCUT2D eigenvalue weighted by molar-refractivity contribution is -0.124. The molecule has 118 valence electrons. The third kappa shape index (κ3) is 7.28. The lowest BCUT2D eigenvalue weighted by Crippen LogP contribution is -2.39. The zero-order chi connectivity index (χ0) is 16.4. The Morgan fingerprint density at radius 3 is 2.55 bits per heavy atom. The van der Waals surface area contributed by atoms with E-state index in [0.717, 1.165) is 11.3 Å². The minimum atomic E-state index is -0.314. The molecule has 0 aliphatic carbocycles. The maximum Gasteiger partial charge on any atom is 0.244 e. The molecular weight excluding hydrogens is 280 g/mol. The monoisotopic (exact) mass is 302 g/mol. The Morgan fingerprint density at radius 1 is 1.27 bits per heavy atom. The number of hydrogen-bond donors (Lipinski definition) is 2. The van der Waals surface area contributed by atoms with Crippen molar-refractivity contribution in [2.24, 2.45) is 0 Å². The number of amides is 2. The van der Waals surface area contributed by atoms with E-state index in [2.05, 4.69) is 17.2 Å². The first-order chi connectivity index (χ1) is 10.5. The molecule has 0 fully saturated rings. The molecule has 0 saturated carbocycles. The minimum Gasteiger partial charge on any atom is -0.490 e. The van der Waals surface area contributed by atoms with Crippen molar-refractivity contribution >= 4 is 17.9 Å². The van der Waals surface area contributed by atoms with Gasteiger partial charge in [-0.05, 0) is 37.6 Å². The molecular formula is C17H22N2O3. The van der Waals surface area contributed by atoms with Crippen LogP contribution in [0.15, 0.2) is 43.0 Å². The maximum atomic E-state index is 11.6. The molecule has 0 aromatic heterocycles. The van der Waals surface area contributed by atoms with E-state index >= 15 is 0 Å². The molecule has 1 aromatic carbocycles. The third-order valence-electron chi connectivity index (χ3n) is 2.55. The summed E-state index contributed by atoms with van der Waals surface area (Å²) in [5.74, 6) is 0.221. The second kappa shape index (κ2) is 9.39. The number of ether oxygens (including phenoxy) is 1. The van der Waals surface area contributed by atoms with E-state index in [1.165, 1.54) is 6.08 Å². The van der Waals surface area contributed by atoms with E-state index in [9.17, 15) is 9.59 Å². The van der Waals surface area contributed by atoms with Crippen LogP contribution in [-0.2, 0) is 9.59 Å². The topological polar surface area (TPSA) is 67.4 Å². The summed E-state index contributed by atoms with van der Waals surface area (Å²) < 4.78 is 5.37. The van der Waals surface area contributed by atoms with Crippen molar-refractivity contribution in [2.75, 3.05) is 13.2 Å². The predicted octanol–water partition coefficient (Wildman–Crippen LogP) is 1.91. The molecule has 1 aromatic rings. The molecule has 0 atom stereocenters. The van der Waals surface area contributed by atoms with E-state index in [4.69, 9.17) is 4.74 Å². The molecule has 2 N–H and O–H groups in total. The van der Waals surface area contributed by atoms with Crippen LogP contribution in [0.4, 0.5) is 0 Å². The molecule has 0 aliphatic rings. The maximum absolute atomic E-state index is 11.6. The van der Waals surface area contributed by atoms with E-state index in [1.807, 2.05) is 38.1 Å². The molecule has 5 heteroatoms. The molecule has 5 nitrogen and oxygen atoms in total. The van der Waals surface area contributed by atoms with Crippen molar-refractivity contribution in [3.05, 3.63) is 48.6 Å². The Kier molecular flexibility index (Phi) is 7.47. The van der Waals surface area contributed by atoms with Gasteiger partial charge in [0.2, 0.25) is 11.8 Å². The average molecular weight is 302 g/mol. The second-order valence-corrected chi connectivity index (χ2v) is 4.94. The van der Waals surface area contributed by atoms with Crippen molar-refractivity contribution < 1.29 is 14.3 Å². The van der Waals surface area contributed by atoms with E-state index in [1.54, 1.807) is 12.2 Å². The zero-order valence-corrected chi connectivity index (χ0v) is 13.0. The molecule has 0 unspecified atom stereocenters. The summed E-state index contributed by atoms with van der Waals surface area (Å²) in [4.78, 5) is 23.0. The summed E-state index contributed by atoms with van der Waals surface area (Å²) in [5.41, 5.74) is 0.868. The van der Waals surface area contributed by atoms with Gasteiger partial charge in [-0.15, -0.1) is 0 Å². The van der Waals surface area contributed by atoms with Gasteiger partial charge < -0.3 is 15.4 Å². The first-order valence-corrected chi connectivity index (χ1v) is 7.10. The predicted molar refractivity (Wildman–Crippen MR) is 87.5 cm³/mol. The lowest BCUT2D eigenvalue weighted by atomic mass is 10.2. The van der Waals surface area contributed by atoms with Gasteiger partial charge in [0.05, 0.1) is 6.54 Å². The van der Waals surface area contributed by atoms with Crippen LogP contribution in [-0.4, -0.2) is 31.0 Å². The van der Waals surface area contributed by atoms with Crippen molar-refractivity contribution in [2.45, 2.75) is 19.9 Å². The van der Waals surface area contributed by atoms with E-state index in [0.29, 0.717) is 6.61 Å². The fraction of sp³-hybridized carbons (Fsp3) is 0.294. The van der Waals surface area contributed by atoms with Gasteiger partial charge in [0, 0.05) is 12.1 Å². The van der Waals surface area contributed by atoms with Crippen LogP contribution in [0, 0.1) is 0 Å². The summed E-state index contributed by atoms with van der Waals surface area (Å²) in [6.07, 6.45) is 4.74. The Morgan fingerprint density at radius 2 is 1.95 bits per heavy atom. The molecule has 0 saturated heterocycles. The first kappa shape index (κ1) is 17.5.